The Balaban J connectivity index is 1.29. The number of ether oxygens (including phenoxy) is 2. The summed E-state index contributed by atoms with van der Waals surface area (Å²) in [5.74, 6) is 2.18. The van der Waals surface area contributed by atoms with Gasteiger partial charge in [-0.05, 0) is 42.8 Å². The lowest BCUT2D eigenvalue weighted by Crippen LogP contribution is -2.30. The first-order valence-electron chi connectivity index (χ1n) is 11.0. The predicted molar refractivity (Wildman–Crippen MR) is 130 cm³/mol. The largest absolute Gasteiger partial charge is 0.490 e. The Morgan fingerprint density at radius 3 is 2.55 bits per heavy atom. The second-order valence-corrected chi connectivity index (χ2v) is 7.91. The fourth-order valence-corrected chi connectivity index (χ4v) is 3.76. The Morgan fingerprint density at radius 2 is 1.70 bits per heavy atom. The van der Waals surface area contributed by atoms with E-state index in [0.29, 0.717) is 36.2 Å². The molecule has 4 rings (SSSR count). The molecule has 0 aliphatic carbocycles. The molecule has 0 aliphatic heterocycles. The number of hydrogen-bond donors (Lipinski definition) is 1. The second kappa shape index (κ2) is 11.4. The van der Waals surface area contributed by atoms with E-state index in [-0.39, 0.29) is 12.5 Å². The van der Waals surface area contributed by atoms with Crippen LogP contribution in [0, 0.1) is 0 Å². The van der Waals surface area contributed by atoms with Crippen molar-refractivity contribution < 1.29 is 14.3 Å². The van der Waals surface area contributed by atoms with Crippen LogP contribution in [0.4, 0.5) is 0 Å². The van der Waals surface area contributed by atoms with Gasteiger partial charge in [-0.1, -0.05) is 54.1 Å². The number of aromatic nitrogens is 2. The van der Waals surface area contributed by atoms with E-state index >= 15 is 0 Å². The van der Waals surface area contributed by atoms with E-state index in [2.05, 4.69) is 16.0 Å². The number of amides is 1. The monoisotopic (exact) mass is 463 g/mol. The SMILES string of the molecule is O=C(COc1ccccc1)NCCCc1nc2ccccc2n1CCOc1ccccc1Cl. The van der Waals surface area contributed by atoms with Gasteiger partial charge in [-0.25, -0.2) is 4.98 Å². The molecular formula is C26H26ClN3O3. The standard InChI is InChI=1S/C26H26ClN3O3/c27-21-11-4-7-14-24(21)32-18-17-30-23-13-6-5-12-22(23)29-25(30)15-8-16-28-26(31)19-33-20-9-2-1-3-10-20/h1-7,9-14H,8,15-19H2,(H,28,31). The highest BCUT2D eigenvalue weighted by Crippen LogP contribution is 2.23. The van der Waals surface area contributed by atoms with Crippen molar-refractivity contribution in [1.29, 1.82) is 0 Å². The van der Waals surface area contributed by atoms with Crippen molar-refractivity contribution in [3.8, 4) is 11.5 Å². The van der Waals surface area contributed by atoms with Gasteiger partial charge in [0.15, 0.2) is 6.61 Å². The molecule has 0 aliphatic rings. The summed E-state index contributed by atoms with van der Waals surface area (Å²) in [7, 11) is 0. The van der Waals surface area contributed by atoms with Crippen LogP contribution in [0.15, 0.2) is 78.9 Å². The highest BCUT2D eigenvalue weighted by atomic mass is 35.5. The van der Waals surface area contributed by atoms with Crippen LogP contribution in [0.1, 0.15) is 12.2 Å². The molecule has 0 bridgehead atoms. The van der Waals surface area contributed by atoms with Crippen molar-refractivity contribution >= 4 is 28.5 Å². The molecule has 3 aromatic carbocycles. The minimum absolute atomic E-state index is 0.00190. The lowest BCUT2D eigenvalue weighted by molar-refractivity contribution is -0.123. The quantitative estimate of drug-likeness (QED) is 0.321. The predicted octanol–water partition coefficient (Wildman–Crippen LogP) is 4.90. The Hall–Kier alpha value is -3.51. The third-order valence-corrected chi connectivity index (χ3v) is 5.47. The van der Waals surface area contributed by atoms with E-state index in [1.54, 1.807) is 0 Å². The first-order valence-corrected chi connectivity index (χ1v) is 11.3. The molecule has 0 radical (unpaired) electrons. The van der Waals surface area contributed by atoms with Gasteiger partial charge < -0.3 is 19.4 Å². The van der Waals surface area contributed by atoms with E-state index in [1.807, 2.05) is 72.8 Å². The summed E-state index contributed by atoms with van der Waals surface area (Å²) >= 11 is 6.19. The summed E-state index contributed by atoms with van der Waals surface area (Å²) < 4.78 is 13.5. The molecule has 33 heavy (non-hydrogen) atoms. The number of nitrogens with one attached hydrogen (secondary N) is 1. The number of imidazole rings is 1. The van der Waals surface area contributed by atoms with E-state index in [0.717, 1.165) is 29.7 Å². The zero-order valence-corrected chi connectivity index (χ0v) is 19.0. The van der Waals surface area contributed by atoms with Gasteiger partial charge >= 0.3 is 0 Å². The number of carbonyl (C=O) groups excluding carboxylic acids is 1. The molecule has 1 heterocycles. The molecule has 0 spiro atoms. The molecule has 4 aromatic rings. The van der Waals surface area contributed by atoms with Crippen molar-refractivity contribution in [2.45, 2.75) is 19.4 Å². The number of fused-ring (bicyclic) bond motifs is 1. The normalized spacial score (nSPS) is 10.8. The molecule has 1 amide bonds. The number of carbonyl (C=O) groups is 1. The van der Waals surface area contributed by atoms with Crippen molar-refractivity contribution in [3.63, 3.8) is 0 Å². The van der Waals surface area contributed by atoms with Gasteiger partial charge in [0.1, 0.15) is 23.9 Å². The van der Waals surface area contributed by atoms with Crippen molar-refractivity contribution in [2.75, 3.05) is 19.8 Å². The molecule has 6 nitrogen and oxygen atoms in total. The van der Waals surface area contributed by atoms with E-state index < -0.39 is 0 Å². The number of rotatable bonds is 11. The molecule has 0 saturated carbocycles. The third kappa shape index (κ3) is 6.26. The van der Waals surface area contributed by atoms with Crippen molar-refractivity contribution in [2.24, 2.45) is 0 Å². The number of para-hydroxylation sites is 4. The lowest BCUT2D eigenvalue weighted by atomic mass is 10.3. The van der Waals surface area contributed by atoms with Gasteiger partial charge in [-0.3, -0.25) is 4.79 Å². The van der Waals surface area contributed by atoms with Crippen LogP contribution in [0.3, 0.4) is 0 Å². The van der Waals surface area contributed by atoms with Crippen LogP contribution in [0.5, 0.6) is 11.5 Å². The third-order valence-electron chi connectivity index (χ3n) is 5.16. The molecule has 0 unspecified atom stereocenters. The lowest BCUT2D eigenvalue weighted by Gasteiger charge is -2.12. The summed E-state index contributed by atoms with van der Waals surface area (Å²) in [5.41, 5.74) is 2.01. The van der Waals surface area contributed by atoms with E-state index in [9.17, 15) is 4.79 Å². The van der Waals surface area contributed by atoms with Crippen molar-refractivity contribution in [1.82, 2.24) is 14.9 Å². The zero-order valence-electron chi connectivity index (χ0n) is 18.2. The molecule has 0 saturated heterocycles. The first-order chi connectivity index (χ1) is 16.2. The van der Waals surface area contributed by atoms with Gasteiger partial charge in [0.05, 0.1) is 22.6 Å². The maximum atomic E-state index is 12.1. The fraction of sp³-hybridized carbons (Fsp3) is 0.231. The highest BCUT2D eigenvalue weighted by Gasteiger charge is 2.11. The van der Waals surface area contributed by atoms with Crippen LogP contribution in [-0.4, -0.2) is 35.2 Å². The molecular weight excluding hydrogens is 438 g/mol. The highest BCUT2D eigenvalue weighted by molar-refractivity contribution is 6.32. The second-order valence-electron chi connectivity index (χ2n) is 7.50. The van der Waals surface area contributed by atoms with E-state index in [4.69, 9.17) is 26.1 Å². The Bertz CT molecular complexity index is 1190. The van der Waals surface area contributed by atoms with Gasteiger partial charge in [-0.2, -0.15) is 0 Å². The first kappa shape index (κ1) is 22.7. The number of halogens is 1. The topological polar surface area (TPSA) is 65.4 Å². The van der Waals surface area contributed by atoms with Crippen LogP contribution in [-0.2, 0) is 17.8 Å². The number of hydrogen-bond acceptors (Lipinski definition) is 4. The molecule has 170 valence electrons. The van der Waals surface area contributed by atoms with Crippen LogP contribution >= 0.6 is 11.6 Å². The molecule has 0 atom stereocenters. The van der Waals surface area contributed by atoms with Crippen LogP contribution in [0.2, 0.25) is 5.02 Å². The smallest absolute Gasteiger partial charge is 0.257 e. The molecule has 1 aromatic heterocycles. The summed E-state index contributed by atoms with van der Waals surface area (Å²) in [5, 5.41) is 3.50. The number of nitrogens with zero attached hydrogens (tertiary/aromatic N) is 2. The molecule has 7 heteroatoms. The summed E-state index contributed by atoms with van der Waals surface area (Å²) in [4.78, 5) is 16.8. The maximum Gasteiger partial charge on any atom is 0.257 e. The fourth-order valence-electron chi connectivity index (χ4n) is 3.57. The van der Waals surface area contributed by atoms with E-state index in [1.165, 1.54) is 0 Å². The maximum absolute atomic E-state index is 12.1. The molecule has 1 N–H and O–H groups in total. The Kier molecular flexibility index (Phi) is 7.82. The van der Waals surface area contributed by atoms with Gasteiger partial charge in [0, 0.05) is 13.0 Å². The Labute approximate surface area is 198 Å². The number of aryl methyl sites for hydroxylation is 1. The average molecular weight is 464 g/mol. The Morgan fingerprint density at radius 1 is 0.939 bits per heavy atom. The van der Waals surface area contributed by atoms with Gasteiger partial charge in [-0.15, -0.1) is 0 Å². The van der Waals surface area contributed by atoms with Crippen LogP contribution in [0.25, 0.3) is 11.0 Å². The molecule has 0 fully saturated rings. The van der Waals surface area contributed by atoms with Gasteiger partial charge in [0.25, 0.3) is 5.91 Å². The average Bonchev–Trinajstić information content (AvgIpc) is 3.20. The number of benzene rings is 3. The van der Waals surface area contributed by atoms with Crippen molar-refractivity contribution in [3.05, 3.63) is 89.7 Å². The summed E-state index contributed by atoms with van der Waals surface area (Å²) in [6.07, 6.45) is 1.51. The zero-order chi connectivity index (χ0) is 22.9. The minimum atomic E-state index is -0.138. The summed E-state index contributed by atoms with van der Waals surface area (Å²) in [6.45, 7) is 1.68. The van der Waals surface area contributed by atoms with Gasteiger partial charge in [0.2, 0.25) is 0 Å². The van der Waals surface area contributed by atoms with Crippen LogP contribution < -0.4 is 14.8 Å². The summed E-state index contributed by atoms with van der Waals surface area (Å²) in [6, 6.07) is 24.8. The minimum Gasteiger partial charge on any atom is -0.490 e.